The maximum atomic E-state index is 13.1. The van der Waals surface area contributed by atoms with Crippen molar-refractivity contribution in [1.29, 1.82) is 0 Å². The smallest absolute Gasteiger partial charge is 0.250 e. The Morgan fingerprint density at radius 2 is 0.867 bits per heavy atom. The summed E-state index contributed by atoms with van der Waals surface area (Å²) in [5.74, 6) is -0.0581. The average molecular weight is 478 g/mol. The molecular weight excluding hydrogens is 427 g/mol. The van der Waals surface area contributed by atoms with Gasteiger partial charge in [0.2, 0.25) is 0 Å². The molecule has 0 aromatic rings. The van der Waals surface area contributed by atoms with Crippen molar-refractivity contribution >= 4 is 30.9 Å². The first-order valence-corrected chi connectivity index (χ1v) is 19.9. The topological polar surface area (TPSA) is 48.0 Å². The van der Waals surface area contributed by atoms with Crippen LogP contribution >= 0.6 is 0 Å². The van der Waals surface area contributed by atoms with E-state index in [1.807, 2.05) is 0 Å². The van der Waals surface area contributed by atoms with Crippen LogP contribution in [0.25, 0.3) is 0 Å². The highest BCUT2D eigenvalue weighted by Crippen LogP contribution is 2.38. The minimum atomic E-state index is -2.00. The number of carbonyl (C=O) groups is 1. The van der Waals surface area contributed by atoms with E-state index in [2.05, 4.69) is 102 Å². The van der Waals surface area contributed by atoms with Gasteiger partial charge in [0.25, 0.3) is 5.91 Å². The fraction of sp³-hybridized carbons (Fsp3) is 0.955. The maximum absolute atomic E-state index is 13.1. The number of amides is 1. The summed E-state index contributed by atoms with van der Waals surface area (Å²) in [5, 5.41) is 0.229. The van der Waals surface area contributed by atoms with Gasteiger partial charge in [-0.05, 0) is 54.4 Å². The average Bonchev–Trinajstić information content (AvgIpc) is 2.49. The molecule has 8 heteroatoms. The molecule has 0 radical (unpaired) electrons. The third-order valence-electron chi connectivity index (χ3n) is 7.49. The number of carbonyl (C=O) groups excluding carboxylic acids is 1. The molecule has 180 valence electrons. The first-order chi connectivity index (χ1) is 12.9. The van der Waals surface area contributed by atoms with Gasteiger partial charge in [-0.3, -0.25) is 9.69 Å². The Hall–Kier alpha value is 0.000649. The molecule has 5 nitrogen and oxygen atoms in total. The summed E-state index contributed by atoms with van der Waals surface area (Å²) < 4.78 is 18.9. The van der Waals surface area contributed by atoms with Gasteiger partial charge in [-0.1, -0.05) is 62.3 Å². The van der Waals surface area contributed by atoms with Crippen LogP contribution in [0.15, 0.2) is 0 Å². The Morgan fingerprint density at radius 3 is 1.13 bits per heavy atom. The Kier molecular flexibility index (Phi) is 9.87. The molecule has 0 rings (SSSR count). The highest BCUT2D eigenvalue weighted by atomic mass is 28.4. The van der Waals surface area contributed by atoms with Gasteiger partial charge in [0.05, 0.1) is 0 Å². The maximum Gasteiger partial charge on any atom is 0.250 e. The zero-order valence-electron chi connectivity index (χ0n) is 22.7. The molecule has 1 amide bonds. The van der Waals surface area contributed by atoms with Crippen LogP contribution in [0.3, 0.4) is 0 Å². The Balaban J connectivity index is 5.40. The van der Waals surface area contributed by atoms with E-state index in [4.69, 9.17) is 13.3 Å². The van der Waals surface area contributed by atoms with Crippen LogP contribution in [0, 0.1) is 0 Å². The molecule has 0 saturated heterocycles. The number of nitrogens with zero attached hydrogens (tertiary/aromatic N) is 1. The third-order valence-corrected chi connectivity index (χ3v) is 20.9. The first kappa shape index (κ1) is 30.0. The SMILES string of the molecule is CC(C)(C)[Si](C)(C)OCC(=O)N(CO[Si](C)(C)C(C)(C)C)CO[Si](C)(C)C(C)(C)C. The molecule has 0 N–H and O–H groups in total. The van der Waals surface area contributed by atoms with Crippen LogP contribution in [-0.4, -0.2) is 55.8 Å². The van der Waals surface area contributed by atoms with E-state index in [9.17, 15) is 4.79 Å². The van der Waals surface area contributed by atoms with Crippen LogP contribution in [-0.2, 0) is 18.1 Å². The second-order valence-electron chi connectivity index (χ2n) is 13.1. The van der Waals surface area contributed by atoms with Crippen molar-refractivity contribution < 1.29 is 18.1 Å². The Bertz CT molecular complexity index is 540. The predicted molar refractivity (Wildman–Crippen MR) is 136 cm³/mol. The lowest BCUT2D eigenvalue weighted by atomic mass is 10.2. The highest BCUT2D eigenvalue weighted by molar-refractivity contribution is 6.75. The van der Waals surface area contributed by atoms with Gasteiger partial charge >= 0.3 is 0 Å². The van der Waals surface area contributed by atoms with Crippen LogP contribution in [0.1, 0.15) is 62.3 Å². The van der Waals surface area contributed by atoms with Gasteiger partial charge in [0, 0.05) is 0 Å². The minimum absolute atomic E-state index is 0.0581. The van der Waals surface area contributed by atoms with Crippen molar-refractivity contribution in [2.24, 2.45) is 0 Å². The summed E-state index contributed by atoms with van der Waals surface area (Å²) in [7, 11) is -5.97. The van der Waals surface area contributed by atoms with Crippen molar-refractivity contribution in [3.63, 3.8) is 0 Å². The molecular formula is C22H51NO4Si3. The van der Waals surface area contributed by atoms with Gasteiger partial charge in [0.15, 0.2) is 25.0 Å². The number of hydrogen-bond acceptors (Lipinski definition) is 4. The van der Waals surface area contributed by atoms with Gasteiger partial charge in [-0.2, -0.15) is 0 Å². The molecule has 0 fully saturated rings. The summed E-state index contributed by atoms with van der Waals surface area (Å²) in [5.41, 5.74) is 0. The van der Waals surface area contributed by atoms with Crippen LogP contribution < -0.4 is 0 Å². The lowest BCUT2D eigenvalue weighted by Crippen LogP contribution is -2.50. The molecule has 0 aliphatic carbocycles. The first-order valence-electron chi connectivity index (χ1n) is 11.1. The van der Waals surface area contributed by atoms with Crippen molar-refractivity contribution in [2.45, 2.75) is 117 Å². The minimum Gasteiger partial charge on any atom is -0.408 e. The second kappa shape index (κ2) is 9.87. The van der Waals surface area contributed by atoms with Crippen LogP contribution in [0.5, 0.6) is 0 Å². The molecule has 0 spiro atoms. The Morgan fingerprint density at radius 1 is 0.600 bits per heavy atom. The molecule has 0 aromatic heterocycles. The second-order valence-corrected chi connectivity index (χ2v) is 27.5. The molecule has 0 bridgehead atoms. The van der Waals surface area contributed by atoms with E-state index >= 15 is 0 Å². The lowest BCUT2D eigenvalue weighted by molar-refractivity contribution is -0.141. The normalized spacial score (nSPS) is 14.8. The summed E-state index contributed by atoms with van der Waals surface area (Å²) in [6, 6.07) is 0. The van der Waals surface area contributed by atoms with Gasteiger partial charge in [-0.25, -0.2) is 0 Å². The fourth-order valence-electron chi connectivity index (χ4n) is 1.64. The molecule has 0 aliphatic heterocycles. The summed E-state index contributed by atoms with van der Waals surface area (Å²) >= 11 is 0. The van der Waals surface area contributed by atoms with E-state index in [1.165, 1.54) is 0 Å². The van der Waals surface area contributed by atoms with E-state index in [0.717, 1.165) is 0 Å². The van der Waals surface area contributed by atoms with E-state index in [1.54, 1.807) is 4.90 Å². The van der Waals surface area contributed by atoms with Crippen molar-refractivity contribution in [1.82, 2.24) is 4.90 Å². The van der Waals surface area contributed by atoms with Gasteiger partial charge < -0.3 is 13.3 Å². The zero-order chi connectivity index (χ0) is 24.4. The Labute approximate surface area is 190 Å². The quantitative estimate of drug-likeness (QED) is 0.271. The van der Waals surface area contributed by atoms with E-state index in [0.29, 0.717) is 0 Å². The van der Waals surface area contributed by atoms with Crippen molar-refractivity contribution in [3.8, 4) is 0 Å². The molecule has 0 saturated carbocycles. The fourth-order valence-corrected chi connectivity index (χ4v) is 4.38. The van der Waals surface area contributed by atoms with E-state index < -0.39 is 25.0 Å². The third kappa shape index (κ3) is 8.50. The summed E-state index contributed by atoms with van der Waals surface area (Å²) in [4.78, 5) is 14.8. The highest BCUT2D eigenvalue weighted by Gasteiger charge is 2.41. The van der Waals surface area contributed by atoms with Crippen molar-refractivity contribution in [3.05, 3.63) is 0 Å². The molecule has 30 heavy (non-hydrogen) atoms. The van der Waals surface area contributed by atoms with Gasteiger partial charge in [-0.15, -0.1) is 0 Å². The van der Waals surface area contributed by atoms with Crippen LogP contribution in [0.2, 0.25) is 54.4 Å². The molecule has 0 heterocycles. The zero-order valence-corrected chi connectivity index (χ0v) is 25.7. The molecule has 0 aromatic carbocycles. The molecule has 0 aliphatic rings. The number of rotatable bonds is 9. The molecule has 0 unspecified atom stereocenters. The predicted octanol–water partition coefficient (Wildman–Crippen LogP) is 6.80. The van der Waals surface area contributed by atoms with Crippen LogP contribution in [0.4, 0.5) is 0 Å². The number of hydrogen-bond donors (Lipinski definition) is 0. The largest absolute Gasteiger partial charge is 0.408 e. The lowest BCUT2D eigenvalue weighted by Gasteiger charge is -2.41. The van der Waals surface area contributed by atoms with Crippen molar-refractivity contribution in [2.75, 3.05) is 20.1 Å². The van der Waals surface area contributed by atoms with E-state index in [-0.39, 0.29) is 41.1 Å². The molecule has 0 atom stereocenters. The summed E-state index contributed by atoms with van der Waals surface area (Å²) in [6.07, 6.45) is 0. The monoisotopic (exact) mass is 477 g/mol. The standard InChI is InChI=1S/C22H51NO4Si3/c1-20(2,3)28(10,11)25-16-19(24)23(17-26-29(12,13)21(4,5)6)18-27-30(14,15)22(7,8)9/h16-18H2,1-15H3. The van der Waals surface area contributed by atoms with Gasteiger partial charge in [0.1, 0.15) is 20.1 Å². The summed E-state index contributed by atoms with van der Waals surface area (Å²) in [6.45, 7) is 33.5.